The van der Waals surface area contributed by atoms with Crippen molar-refractivity contribution in [1.29, 1.82) is 0 Å². The summed E-state index contributed by atoms with van der Waals surface area (Å²) in [6, 6.07) is 13.3. The molecular weight excluding hydrogens is 438 g/mol. The van der Waals surface area contributed by atoms with Crippen molar-refractivity contribution in [2.45, 2.75) is 50.0 Å². The maximum Gasteiger partial charge on any atom is 0.243 e. The lowest BCUT2D eigenvalue weighted by Gasteiger charge is -2.28. The average molecular weight is 472 g/mol. The minimum Gasteiger partial charge on any atom is -0.379 e. The van der Waals surface area contributed by atoms with Crippen LogP contribution in [0.2, 0.25) is 0 Å². The Balaban J connectivity index is 1.35. The van der Waals surface area contributed by atoms with E-state index >= 15 is 0 Å². The van der Waals surface area contributed by atoms with Crippen molar-refractivity contribution in [2.75, 3.05) is 43.6 Å². The number of sulfonamides is 1. The Bertz CT molecular complexity index is 1120. The van der Waals surface area contributed by atoms with E-state index in [1.54, 1.807) is 24.3 Å². The summed E-state index contributed by atoms with van der Waals surface area (Å²) in [7, 11) is -1.41. The number of rotatable bonds is 6. The van der Waals surface area contributed by atoms with Crippen LogP contribution in [0.3, 0.4) is 0 Å². The Morgan fingerprint density at radius 1 is 1.12 bits per heavy atom. The standard InChI is InChI=1S/C25H33N3O4S/c1-18-25(2,3)22-11-8-20(17-23(22)27(18)4)26-24(29)12-7-19-5-9-21(10-6-19)33(30,31)28-13-15-32-16-14-28/h5-6,8-11,17-18H,7,12-16H2,1-4H3,(H,26,29). The highest BCUT2D eigenvalue weighted by Crippen LogP contribution is 2.45. The van der Waals surface area contributed by atoms with Crippen LogP contribution in [0.15, 0.2) is 47.4 Å². The molecule has 0 aliphatic carbocycles. The van der Waals surface area contributed by atoms with Crippen molar-refractivity contribution >= 4 is 27.3 Å². The van der Waals surface area contributed by atoms with E-state index in [0.717, 1.165) is 16.9 Å². The highest BCUT2D eigenvalue weighted by molar-refractivity contribution is 7.89. The van der Waals surface area contributed by atoms with Gasteiger partial charge in [-0.05, 0) is 48.7 Å². The van der Waals surface area contributed by atoms with E-state index in [1.165, 1.54) is 9.87 Å². The predicted octanol–water partition coefficient (Wildman–Crippen LogP) is 3.39. The van der Waals surface area contributed by atoms with Gasteiger partial charge in [-0.15, -0.1) is 0 Å². The molecule has 2 aliphatic rings. The largest absolute Gasteiger partial charge is 0.379 e. The minimum atomic E-state index is -3.50. The number of nitrogens with zero attached hydrogens (tertiary/aromatic N) is 2. The second kappa shape index (κ2) is 9.08. The Kier molecular flexibility index (Phi) is 6.53. The van der Waals surface area contributed by atoms with Gasteiger partial charge in [0.2, 0.25) is 15.9 Å². The average Bonchev–Trinajstić information content (AvgIpc) is 2.98. The number of fused-ring (bicyclic) bond motifs is 1. The van der Waals surface area contributed by atoms with E-state index in [2.05, 4.69) is 44.1 Å². The fourth-order valence-electron chi connectivity index (χ4n) is 4.61. The minimum absolute atomic E-state index is 0.0621. The molecule has 1 fully saturated rings. The van der Waals surface area contributed by atoms with E-state index in [9.17, 15) is 13.2 Å². The number of nitrogens with one attached hydrogen (secondary N) is 1. The van der Waals surface area contributed by atoms with Crippen molar-refractivity contribution in [3.63, 3.8) is 0 Å². The molecular formula is C25H33N3O4S. The quantitative estimate of drug-likeness (QED) is 0.699. The Morgan fingerprint density at radius 3 is 2.45 bits per heavy atom. The second-order valence-corrected chi connectivity index (χ2v) is 11.4. The van der Waals surface area contributed by atoms with E-state index in [4.69, 9.17) is 4.74 Å². The zero-order valence-corrected chi connectivity index (χ0v) is 20.6. The first-order valence-electron chi connectivity index (χ1n) is 11.4. The number of morpholine rings is 1. The fourth-order valence-corrected chi connectivity index (χ4v) is 6.02. The molecule has 1 saturated heterocycles. The van der Waals surface area contributed by atoms with Gasteiger partial charge in [-0.25, -0.2) is 8.42 Å². The molecule has 2 heterocycles. The number of carbonyl (C=O) groups excluding carboxylic acids is 1. The van der Waals surface area contributed by atoms with Gasteiger partial charge in [0.05, 0.1) is 18.1 Å². The molecule has 0 aromatic heterocycles. The molecule has 4 rings (SSSR count). The van der Waals surface area contributed by atoms with E-state index < -0.39 is 10.0 Å². The molecule has 0 saturated carbocycles. The SMILES string of the molecule is CC1N(C)c2cc(NC(=O)CCc3ccc(S(=O)(=O)N4CCOCC4)cc3)ccc2C1(C)C. The maximum atomic E-state index is 12.7. The number of aryl methyl sites for hydroxylation is 1. The number of ether oxygens (including phenoxy) is 1. The zero-order chi connectivity index (χ0) is 23.8. The first-order chi connectivity index (χ1) is 15.6. The molecule has 1 unspecified atom stereocenters. The van der Waals surface area contributed by atoms with Crippen LogP contribution >= 0.6 is 0 Å². The number of benzene rings is 2. The predicted molar refractivity (Wildman–Crippen MR) is 130 cm³/mol. The first kappa shape index (κ1) is 23.7. The molecule has 2 aliphatic heterocycles. The number of carbonyl (C=O) groups is 1. The summed E-state index contributed by atoms with van der Waals surface area (Å²) in [6.07, 6.45) is 0.864. The normalized spacial score (nSPS) is 20.5. The topological polar surface area (TPSA) is 79.0 Å². The summed E-state index contributed by atoms with van der Waals surface area (Å²) in [5.41, 5.74) is 4.23. The van der Waals surface area contributed by atoms with Crippen LogP contribution in [0, 0.1) is 0 Å². The monoisotopic (exact) mass is 471 g/mol. The first-order valence-corrected chi connectivity index (χ1v) is 12.9. The fraction of sp³-hybridized carbons (Fsp3) is 0.480. The van der Waals surface area contributed by atoms with Crippen molar-refractivity contribution in [3.8, 4) is 0 Å². The number of anilines is 2. The third kappa shape index (κ3) is 4.65. The molecule has 1 amide bonds. The highest BCUT2D eigenvalue weighted by atomic mass is 32.2. The van der Waals surface area contributed by atoms with Gasteiger partial charge < -0.3 is 15.0 Å². The third-order valence-electron chi connectivity index (χ3n) is 7.15. The molecule has 8 heteroatoms. The van der Waals surface area contributed by atoms with Gasteiger partial charge in [0, 0.05) is 49.4 Å². The van der Waals surface area contributed by atoms with Gasteiger partial charge >= 0.3 is 0 Å². The summed E-state index contributed by atoms with van der Waals surface area (Å²) >= 11 is 0. The van der Waals surface area contributed by atoms with E-state index in [-0.39, 0.29) is 16.2 Å². The van der Waals surface area contributed by atoms with Crippen LogP contribution in [-0.2, 0) is 31.4 Å². The maximum absolute atomic E-state index is 12.7. The Labute approximate surface area is 196 Å². The van der Waals surface area contributed by atoms with Gasteiger partial charge in [-0.2, -0.15) is 4.31 Å². The highest BCUT2D eigenvalue weighted by Gasteiger charge is 2.40. The van der Waals surface area contributed by atoms with Crippen molar-refractivity contribution in [2.24, 2.45) is 0 Å². The lowest BCUT2D eigenvalue weighted by molar-refractivity contribution is -0.116. The smallest absolute Gasteiger partial charge is 0.243 e. The molecule has 1 atom stereocenters. The molecule has 33 heavy (non-hydrogen) atoms. The van der Waals surface area contributed by atoms with E-state index in [1.807, 2.05) is 12.1 Å². The van der Waals surface area contributed by atoms with E-state index in [0.29, 0.717) is 45.2 Å². The number of hydrogen-bond acceptors (Lipinski definition) is 5. The zero-order valence-electron chi connectivity index (χ0n) is 19.8. The molecule has 1 N–H and O–H groups in total. The number of hydrogen-bond donors (Lipinski definition) is 1. The molecule has 0 bridgehead atoms. The Morgan fingerprint density at radius 2 is 1.79 bits per heavy atom. The number of amides is 1. The van der Waals surface area contributed by atoms with Crippen molar-refractivity contribution in [1.82, 2.24) is 4.31 Å². The lowest BCUT2D eigenvalue weighted by atomic mass is 9.81. The number of likely N-dealkylation sites (N-methyl/N-ethyl adjacent to an activating group) is 1. The van der Waals surface area contributed by atoms with Crippen molar-refractivity contribution in [3.05, 3.63) is 53.6 Å². The van der Waals surface area contributed by atoms with Crippen LogP contribution in [0.4, 0.5) is 11.4 Å². The molecule has 7 nitrogen and oxygen atoms in total. The lowest BCUT2D eigenvalue weighted by Crippen LogP contribution is -2.40. The van der Waals surface area contributed by atoms with Gasteiger partial charge in [-0.3, -0.25) is 4.79 Å². The van der Waals surface area contributed by atoms with Gasteiger partial charge in [0.15, 0.2) is 0 Å². The van der Waals surface area contributed by atoms with Crippen LogP contribution < -0.4 is 10.2 Å². The summed E-state index contributed by atoms with van der Waals surface area (Å²) < 4.78 is 32.2. The van der Waals surface area contributed by atoms with Crippen LogP contribution in [0.25, 0.3) is 0 Å². The summed E-state index contributed by atoms with van der Waals surface area (Å²) in [5, 5.41) is 3.00. The van der Waals surface area contributed by atoms with Crippen LogP contribution in [0.5, 0.6) is 0 Å². The molecule has 0 radical (unpaired) electrons. The van der Waals surface area contributed by atoms with Gasteiger partial charge in [0.1, 0.15) is 0 Å². The molecule has 2 aromatic rings. The Hall–Kier alpha value is -2.42. The van der Waals surface area contributed by atoms with Gasteiger partial charge in [0.25, 0.3) is 0 Å². The van der Waals surface area contributed by atoms with Crippen molar-refractivity contribution < 1.29 is 17.9 Å². The van der Waals surface area contributed by atoms with Gasteiger partial charge in [-0.1, -0.05) is 32.0 Å². The molecule has 178 valence electrons. The van der Waals surface area contributed by atoms with Crippen LogP contribution in [0.1, 0.15) is 38.3 Å². The van der Waals surface area contributed by atoms with Crippen LogP contribution in [-0.4, -0.2) is 58.0 Å². The second-order valence-electron chi connectivity index (χ2n) is 9.45. The summed E-state index contributed by atoms with van der Waals surface area (Å²) in [6.45, 7) is 8.30. The molecule has 0 spiro atoms. The summed E-state index contributed by atoms with van der Waals surface area (Å²) in [4.78, 5) is 15.1. The summed E-state index contributed by atoms with van der Waals surface area (Å²) in [5.74, 6) is -0.0621. The molecule has 2 aromatic carbocycles. The third-order valence-corrected chi connectivity index (χ3v) is 9.07.